The van der Waals surface area contributed by atoms with E-state index in [1.54, 1.807) is 22.7 Å². The highest BCUT2D eigenvalue weighted by atomic mass is 32.1. The Balaban J connectivity index is 1.62. The topological polar surface area (TPSA) is 24.1 Å². The maximum absolute atomic E-state index is 3.82. The number of hydrogen-bond donors (Lipinski definition) is 2. The number of rotatable bonds is 7. The third kappa shape index (κ3) is 5.56. The third-order valence-corrected chi connectivity index (χ3v) is 11.1. The Labute approximate surface area is 249 Å². The van der Waals surface area contributed by atoms with Crippen LogP contribution in [-0.4, -0.2) is 8.07 Å². The fraction of sp³-hybridized carbons (Fsp3) is 0.257. The van der Waals surface area contributed by atoms with Gasteiger partial charge in [0.05, 0.1) is 19.4 Å². The summed E-state index contributed by atoms with van der Waals surface area (Å²) in [5.74, 6) is 0. The monoisotopic (exact) mass is 580 g/mol. The predicted octanol–water partition coefficient (Wildman–Crippen LogP) is 11.0. The molecule has 5 heteroatoms. The first kappa shape index (κ1) is 28.4. The summed E-state index contributed by atoms with van der Waals surface area (Å²) in [6, 6.07) is 15.9. The molecule has 2 nitrogen and oxygen atoms in total. The van der Waals surface area contributed by atoms with E-state index >= 15 is 0 Å². The largest absolute Gasteiger partial charge is 0.354 e. The molecule has 206 valence electrons. The fourth-order valence-corrected chi connectivity index (χ4v) is 9.65. The molecule has 0 bridgehead atoms. The van der Waals surface area contributed by atoms with Gasteiger partial charge in [-0.15, -0.1) is 22.7 Å². The highest BCUT2D eigenvalue weighted by Gasteiger charge is 2.27. The zero-order valence-corrected chi connectivity index (χ0v) is 27.8. The first-order valence-electron chi connectivity index (χ1n) is 13.9. The van der Waals surface area contributed by atoms with Crippen molar-refractivity contribution in [3.63, 3.8) is 0 Å². The molecule has 0 aliphatic carbocycles. The van der Waals surface area contributed by atoms with Crippen molar-refractivity contribution in [2.45, 2.75) is 61.2 Å². The zero-order valence-electron chi connectivity index (χ0n) is 25.2. The second kappa shape index (κ2) is 11.0. The minimum Gasteiger partial charge on any atom is -0.354 e. The zero-order chi connectivity index (χ0) is 28.8. The summed E-state index contributed by atoms with van der Waals surface area (Å²) >= 11 is 3.54. The van der Waals surface area contributed by atoms with Gasteiger partial charge >= 0.3 is 0 Å². The number of aryl methyl sites for hydroxylation is 6. The Morgan fingerprint density at radius 1 is 0.525 bits per heavy atom. The molecular formula is C35H40N2S2Si. The van der Waals surface area contributed by atoms with Crippen molar-refractivity contribution >= 4 is 58.7 Å². The van der Waals surface area contributed by atoms with Crippen LogP contribution in [0.1, 0.15) is 33.4 Å². The van der Waals surface area contributed by atoms with Gasteiger partial charge in [-0.2, -0.15) is 0 Å². The molecule has 0 spiro atoms. The molecule has 0 fully saturated rings. The van der Waals surface area contributed by atoms with Crippen molar-refractivity contribution in [3.8, 4) is 22.3 Å². The van der Waals surface area contributed by atoms with Crippen LogP contribution >= 0.6 is 22.7 Å². The van der Waals surface area contributed by atoms with Gasteiger partial charge < -0.3 is 10.6 Å². The number of benzene rings is 3. The molecule has 0 saturated heterocycles. The first-order valence-corrected chi connectivity index (χ1v) is 19.3. The summed E-state index contributed by atoms with van der Waals surface area (Å²) in [5.41, 5.74) is 17.8. The van der Waals surface area contributed by atoms with E-state index in [0.717, 1.165) is 0 Å². The molecule has 0 aliphatic heterocycles. The van der Waals surface area contributed by atoms with Crippen molar-refractivity contribution < 1.29 is 0 Å². The van der Waals surface area contributed by atoms with Crippen molar-refractivity contribution in [1.29, 1.82) is 0 Å². The van der Waals surface area contributed by atoms with E-state index in [2.05, 4.69) is 136 Å². The van der Waals surface area contributed by atoms with Crippen LogP contribution in [0, 0.1) is 41.5 Å². The molecule has 5 aromatic rings. The van der Waals surface area contributed by atoms with Crippen LogP contribution in [0.3, 0.4) is 0 Å². The Kier molecular flexibility index (Phi) is 7.84. The van der Waals surface area contributed by atoms with Crippen LogP contribution in [0.15, 0.2) is 64.0 Å². The number of hydrogen-bond acceptors (Lipinski definition) is 4. The normalized spacial score (nSPS) is 11.6. The van der Waals surface area contributed by atoms with Crippen LogP contribution in [-0.2, 0) is 0 Å². The molecule has 0 amide bonds. The SMILES string of the molecule is Cc1cc(C)c(Nc2cscc2-c2cccc(-c3cscc3Nc3c(C)cc(C)cc3C)c2[Si](C)(C)C)c(C)c1. The number of nitrogens with one attached hydrogen (secondary N) is 2. The van der Waals surface area contributed by atoms with E-state index in [-0.39, 0.29) is 0 Å². The minimum atomic E-state index is -1.77. The second-order valence-corrected chi connectivity index (χ2v) is 18.7. The Hall–Kier alpha value is -3.12. The van der Waals surface area contributed by atoms with E-state index < -0.39 is 8.07 Å². The number of thiophene rings is 2. The lowest BCUT2D eigenvalue weighted by atomic mass is 9.99. The van der Waals surface area contributed by atoms with Crippen molar-refractivity contribution in [2.24, 2.45) is 0 Å². The van der Waals surface area contributed by atoms with Gasteiger partial charge in [0.25, 0.3) is 0 Å². The van der Waals surface area contributed by atoms with E-state index in [1.165, 1.54) is 83.6 Å². The van der Waals surface area contributed by atoms with Crippen molar-refractivity contribution in [1.82, 2.24) is 0 Å². The first-order chi connectivity index (χ1) is 18.9. The molecule has 0 radical (unpaired) electrons. The van der Waals surface area contributed by atoms with Gasteiger partial charge in [-0.25, -0.2) is 0 Å². The highest BCUT2D eigenvalue weighted by Crippen LogP contribution is 2.40. The van der Waals surface area contributed by atoms with Gasteiger partial charge in [0, 0.05) is 44.0 Å². The molecule has 0 unspecified atom stereocenters. The van der Waals surface area contributed by atoms with Crippen LogP contribution in [0.2, 0.25) is 19.6 Å². The molecule has 5 rings (SSSR count). The molecule has 3 aromatic carbocycles. The predicted molar refractivity (Wildman–Crippen MR) is 184 cm³/mol. The van der Waals surface area contributed by atoms with Gasteiger partial charge in [0.15, 0.2) is 0 Å². The Bertz CT molecular complexity index is 1540. The molecule has 0 atom stereocenters. The average Bonchev–Trinajstić information content (AvgIpc) is 3.52. The smallest absolute Gasteiger partial charge is 0.0792 e. The number of anilines is 4. The molecule has 2 aromatic heterocycles. The summed E-state index contributed by atoms with van der Waals surface area (Å²) in [6.07, 6.45) is 0. The van der Waals surface area contributed by atoms with Gasteiger partial charge in [0.1, 0.15) is 0 Å². The van der Waals surface area contributed by atoms with E-state index in [0.29, 0.717) is 0 Å². The molecule has 0 aliphatic rings. The summed E-state index contributed by atoms with van der Waals surface area (Å²) in [6.45, 7) is 20.5. The van der Waals surface area contributed by atoms with Gasteiger partial charge in [-0.05, 0) is 80.1 Å². The Morgan fingerprint density at radius 3 is 1.25 bits per heavy atom. The van der Waals surface area contributed by atoms with Crippen molar-refractivity contribution in [2.75, 3.05) is 10.6 Å². The lowest BCUT2D eigenvalue weighted by Gasteiger charge is -2.26. The minimum absolute atomic E-state index is 1.19. The van der Waals surface area contributed by atoms with Crippen LogP contribution in [0.25, 0.3) is 22.3 Å². The summed E-state index contributed by atoms with van der Waals surface area (Å²) in [7, 11) is -1.77. The lowest BCUT2D eigenvalue weighted by Crippen LogP contribution is -2.40. The molecule has 0 saturated carbocycles. The standard InChI is InChI=1S/C35H40N2S2Si/c1-21-13-23(3)33(24(4)14-21)36-31-19-38-17-29(31)27-11-10-12-28(35(27)40(7,8)9)30-18-39-20-32(30)37-34-25(5)15-22(2)16-26(34)6/h10-20,36-37H,1-9H3. The van der Waals surface area contributed by atoms with Gasteiger partial charge in [-0.1, -0.05) is 73.2 Å². The highest BCUT2D eigenvalue weighted by molar-refractivity contribution is 7.09. The summed E-state index contributed by atoms with van der Waals surface area (Å²) in [5, 5.41) is 18.3. The maximum Gasteiger partial charge on any atom is 0.0792 e. The quantitative estimate of drug-likeness (QED) is 0.187. The lowest BCUT2D eigenvalue weighted by molar-refractivity contribution is 1.31. The van der Waals surface area contributed by atoms with E-state index in [1.807, 2.05) is 0 Å². The third-order valence-electron chi connectivity index (χ3n) is 7.59. The van der Waals surface area contributed by atoms with Gasteiger partial charge in [-0.3, -0.25) is 0 Å². The Morgan fingerprint density at radius 2 is 0.900 bits per heavy atom. The molecule has 40 heavy (non-hydrogen) atoms. The summed E-state index contributed by atoms with van der Waals surface area (Å²) in [4.78, 5) is 0. The van der Waals surface area contributed by atoms with E-state index in [9.17, 15) is 0 Å². The van der Waals surface area contributed by atoms with Gasteiger partial charge in [0.2, 0.25) is 0 Å². The molecule has 2 N–H and O–H groups in total. The molecular weight excluding hydrogens is 541 g/mol. The van der Waals surface area contributed by atoms with Crippen LogP contribution in [0.5, 0.6) is 0 Å². The van der Waals surface area contributed by atoms with Crippen LogP contribution < -0.4 is 15.8 Å². The van der Waals surface area contributed by atoms with E-state index in [4.69, 9.17) is 0 Å². The fourth-order valence-electron chi connectivity index (χ4n) is 6.04. The maximum atomic E-state index is 3.82. The second-order valence-electron chi connectivity index (χ2n) is 12.2. The van der Waals surface area contributed by atoms with Crippen LogP contribution in [0.4, 0.5) is 22.7 Å². The average molecular weight is 581 g/mol. The van der Waals surface area contributed by atoms with Crippen molar-refractivity contribution in [3.05, 3.63) is 97.4 Å². The molecule has 2 heterocycles. The summed E-state index contributed by atoms with van der Waals surface area (Å²) < 4.78 is 0.